The summed E-state index contributed by atoms with van der Waals surface area (Å²) in [5, 5.41) is 9.51. The summed E-state index contributed by atoms with van der Waals surface area (Å²) in [5.74, 6) is -0.577. The third-order valence-electron chi connectivity index (χ3n) is 4.02. The minimum atomic E-state index is -0.988. The summed E-state index contributed by atoms with van der Waals surface area (Å²) in [6, 6.07) is 2.26. The van der Waals surface area contributed by atoms with E-state index in [2.05, 4.69) is 6.92 Å². The van der Waals surface area contributed by atoms with Gasteiger partial charge in [-0.1, -0.05) is 24.9 Å². The monoisotopic (exact) mass is 355 g/mol. The number of benzene rings is 1. The van der Waals surface area contributed by atoms with Crippen LogP contribution in [0, 0.1) is 0 Å². The number of carboxylic acids is 1. The average Bonchev–Trinajstić information content (AvgIpc) is 3.05. The second kappa shape index (κ2) is 8.24. The van der Waals surface area contributed by atoms with Crippen molar-refractivity contribution < 1.29 is 24.2 Å². The number of carbonyl (C=O) groups excluding carboxylic acids is 1. The Labute approximate surface area is 146 Å². The second-order valence-electron chi connectivity index (χ2n) is 5.69. The van der Waals surface area contributed by atoms with E-state index >= 15 is 0 Å². The Morgan fingerprint density at radius 2 is 2.17 bits per heavy atom. The smallest absolute Gasteiger partial charge is 0.326 e. The summed E-state index contributed by atoms with van der Waals surface area (Å²) >= 11 is 6.25. The number of carbonyl (C=O) groups is 2. The van der Waals surface area contributed by atoms with Crippen molar-refractivity contribution in [2.75, 3.05) is 20.3 Å². The number of carboxylic acid groups (broad SMARTS) is 1. The summed E-state index contributed by atoms with van der Waals surface area (Å²) in [6.45, 7) is 2.98. The van der Waals surface area contributed by atoms with E-state index < -0.39 is 12.0 Å². The van der Waals surface area contributed by atoms with Crippen molar-refractivity contribution in [1.82, 2.24) is 4.90 Å². The van der Waals surface area contributed by atoms with Crippen molar-refractivity contribution in [1.29, 1.82) is 0 Å². The molecule has 1 fully saturated rings. The van der Waals surface area contributed by atoms with Gasteiger partial charge >= 0.3 is 5.97 Å². The lowest BCUT2D eigenvalue weighted by molar-refractivity contribution is -0.141. The predicted molar refractivity (Wildman–Crippen MR) is 90.1 cm³/mol. The Balaban J connectivity index is 2.26. The number of likely N-dealkylation sites (tertiary alicyclic amines) is 1. The van der Waals surface area contributed by atoms with Gasteiger partial charge in [0.2, 0.25) is 0 Å². The number of nitrogens with zero attached hydrogens (tertiary/aromatic N) is 1. The van der Waals surface area contributed by atoms with Crippen LogP contribution in [0.5, 0.6) is 11.5 Å². The van der Waals surface area contributed by atoms with Gasteiger partial charge < -0.3 is 19.5 Å². The van der Waals surface area contributed by atoms with E-state index in [1.165, 1.54) is 18.1 Å². The molecular formula is C17H22ClNO5. The molecule has 1 atom stereocenters. The van der Waals surface area contributed by atoms with Crippen LogP contribution in [0.3, 0.4) is 0 Å². The second-order valence-corrected chi connectivity index (χ2v) is 6.09. The number of hydrogen-bond acceptors (Lipinski definition) is 4. The van der Waals surface area contributed by atoms with E-state index in [0.717, 1.165) is 12.8 Å². The highest BCUT2D eigenvalue weighted by molar-refractivity contribution is 6.32. The fraction of sp³-hybridized carbons (Fsp3) is 0.529. The van der Waals surface area contributed by atoms with E-state index in [9.17, 15) is 14.7 Å². The Morgan fingerprint density at radius 3 is 2.79 bits per heavy atom. The van der Waals surface area contributed by atoms with Crippen LogP contribution < -0.4 is 9.47 Å². The molecule has 0 spiro atoms. The Bertz CT molecular complexity index is 619. The number of rotatable bonds is 7. The summed E-state index contributed by atoms with van der Waals surface area (Å²) in [5.41, 5.74) is 0.299. The van der Waals surface area contributed by atoms with Crippen LogP contribution in [0.2, 0.25) is 5.02 Å². The van der Waals surface area contributed by atoms with Gasteiger partial charge in [-0.2, -0.15) is 0 Å². The molecule has 1 aliphatic heterocycles. The van der Waals surface area contributed by atoms with Crippen LogP contribution >= 0.6 is 11.6 Å². The van der Waals surface area contributed by atoms with Crippen molar-refractivity contribution >= 4 is 23.5 Å². The number of aliphatic carboxylic acids is 1. The normalized spacial score (nSPS) is 17.0. The SMILES string of the molecule is CCCCOc1c(Cl)cc(C(=O)N2CCC[C@@H]2C(=O)O)cc1OC. The molecular weight excluding hydrogens is 334 g/mol. The van der Waals surface area contributed by atoms with Crippen LogP contribution in [0.4, 0.5) is 0 Å². The van der Waals surface area contributed by atoms with E-state index in [1.54, 1.807) is 6.07 Å². The summed E-state index contributed by atoms with van der Waals surface area (Å²) in [7, 11) is 1.47. The van der Waals surface area contributed by atoms with Crippen molar-refractivity contribution in [3.63, 3.8) is 0 Å². The fourth-order valence-electron chi connectivity index (χ4n) is 2.73. The highest BCUT2D eigenvalue weighted by atomic mass is 35.5. The zero-order chi connectivity index (χ0) is 17.7. The van der Waals surface area contributed by atoms with Gasteiger partial charge in [0.15, 0.2) is 11.5 Å². The number of methoxy groups -OCH3 is 1. The van der Waals surface area contributed by atoms with Gasteiger partial charge in [0.05, 0.1) is 18.7 Å². The maximum Gasteiger partial charge on any atom is 0.326 e. The van der Waals surface area contributed by atoms with Gasteiger partial charge in [-0.25, -0.2) is 4.79 Å². The van der Waals surface area contributed by atoms with E-state index in [-0.39, 0.29) is 10.9 Å². The number of unbranched alkanes of at least 4 members (excludes halogenated alkanes) is 1. The van der Waals surface area contributed by atoms with Gasteiger partial charge in [-0.3, -0.25) is 4.79 Å². The van der Waals surface area contributed by atoms with Crippen molar-refractivity contribution in [2.45, 2.75) is 38.6 Å². The molecule has 1 aromatic carbocycles. The quantitative estimate of drug-likeness (QED) is 0.760. The van der Waals surface area contributed by atoms with Crippen molar-refractivity contribution in [3.05, 3.63) is 22.7 Å². The molecule has 2 rings (SSSR count). The van der Waals surface area contributed by atoms with E-state index in [1.807, 2.05) is 0 Å². The van der Waals surface area contributed by atoms with Crippen molar-refractivity contribution in [3.8, 4) is 11.5 Å². The number of hydrogen-bond donors (Lipinski definition) is 1. The number of amides is 1. The minimum absolute atomic E-state index is 0.278. The predicted octanol–water partition coefficient (Wildman–Crippen LogP) is 3.22. The molecule has 0 radical (unpaired) electrons. The first-order chi connectivity index (χ1) is 11.5. The highest BCUT2D eigenvalue weighted by Gasteiger charge is 2.35. The molecule has 1 heterocycles. The lowest BCUT2D eigenvalue weighted by Crippen LogP contribution is -2.40. The molecule has 6 nitrogen and oxygen atoms in total. The third-order valence-corrected chi connectivity index (χ3v) is 4.30. The maximum atomic E-state index is 12.7. The zero-order valence-corrected chi connectivity index (χ0v) is 14.6. The Morgan fingerprint density at radius 1 is 1.42 bits per heavy atom. The first kappa shape index (κ1) is 18.4. The zero-order valence-electron chi connectivity index (χ0n) is 13.9. The maximum absolute atomic E-state index is 12.7. The number of halogens is 1. The van der Waals surface area contributed by atoms with Gasteiger partial charge in [0.25, 0.3) is 5.91 Å². The summed E-state index contributed by atoms with van der Waals surface area (Å²) in [6.07, 6.45) is 3.01. The molecule has 0 saturated carbocycles. The average molecular weight is 356 g/mol. The van der Waals surface area contributed by atoms with Gasteiger partial charge in [-0.15, -0.1) is 0 Å². The lowest BCUT2D eigenvalue weighted by atomic mass is 10.1. The summed E-state index contributed by atoms with van der Waals surface area (Å²) < 4.78 is 10.9. The van der Waals surface area contributed by atoms with E-state index in [0.29, 0.717) is 43.1 Å². The van der Waals surface area contributed by atoms with Crippen molar-refractivity contribution in [2.24, 2.45) is 0 Å². The molecule has 1 N–H and O–H groups in total. The Kier molecular flexibility index (Phi) is 6.31. The topological polar surface area (TPSA) is 76.1 Å². The van der Waals surface area contributed by atoms with Crippen LogP contribution in [0.15, 0.2) is 12.1 Å². The molecule has 7 heteroatoms. The molecule has 0 aliphatic carbocycles. The van der Waals surface area contributed by atoms with E-state index in [4.69, 9.17) is 21.1 Å². The molecule has 1 aliphatic rings. The first-order valence-electron chi connectivity index (χ1n) is 8.03. The first-order valence-corrected chi connectivity index (χ1v) is 8.41. The van der Waals surface area contributed by atoms with Crippen LogP contribution in [-0.4, -0.2) is 48.2 Å². The van der Waals surface area contributed by atoms with Crippen LogP contribution in [0.1, 0.15) is 43.0 Å². The van der Waals surface area contributed by atoms with Gasteiger partial charge in [-0.05, 0) is 31.4 Å². The molecule has 0 aromatic heterocycles. The van der Waals surface area contributed by atoms with Crippen LogP contribution in [-0.2, 0) is 4.79 Å². The third kappa shape index (κ3) is 3.93. The Hall–Kier alpha value is -1.95. The van der Waals surface area contributed by atoms with Crippen LogP contribution in [0.25, 0.3) is 0 Å². The summed E-state index contributed by atoms with van der Waals surface area (Å²) in [4.78, 5) is 25.3. The molecule has 1 saturated heterocycles. The molecule has 132 valence electrons. The molecule has 0 unspecified atom stereocenters. The minimum Gasteiger partial charge on any atom is -0.493 e. The lowest BCUT2D eigenvalue weighted by Gasteiger charge is -2.22. The highest BCUT2D eigenvalue weighted by Crippen LogP contribution is 2.37. The van der Waals surface area contributed by atoms with Gasteiger partial charge in [0, 0.05) is 12.1 Å². The molecule has 1 aromatic rings. The molecule has 1 amide bonds. The number of ether oxygens (including phenoxy) is 2. The fourth-order valence-corrected chi connectivity index (χ4v) is 3.00. The van der Waals surface area contributed by atoms with Gasteiger partial charge in [0.1, 0.15) is 6.04 Å². The molecule has 24 heavy (non-hydrogen) atoms. The largest absolute Gasteiger partial charge is 0.493 e. The molecule has 0 bridgehead atoms. The standard InChI is InChI=1S/C17H22ClNO5/c1-3-4-8-24-15-12(18)9-11(10-14(15)23-2)16(20)19-7-5-6-13(19)17(21)22/h9-10,13H,3-8H2,1-2H3,(H,21,22)/t13-/m1/s1.